The summed E-state index contributed by atoms with van der Waals surface area (Å²) in [5, 5.41) is 12.4. The first kappa shape index (κ1) is 18.4. The molecule has 1 aliphatic heterocycles. The Balaban J connectivity index is 1.59. The molecule has 28 heavy (non-hydrogen) atoms. The van der Waals surface area contributed by atoms with Gasteiger partial charge in [0.1, 0.15) is 6.54 Å². The zero-order valence-corrected chi connectivity index (χ0v) is 16.1. The van der Waals surface area contributed by atoms with E-state index in [1.54, 1.807) is 23.9 Å². The molecule has 7 heteroatoms. The van der Waals surface area contributed by atoms with Gasteiger partial charge < -0.3 is 15.3 Å². The quantitative estimate of drug-likeness (QED) is 0.612. The minimum absolute atomic E-state index is 0.103. The van der Waals surface area contributed by atoms with Gasteiger partial charge in [-0.15, -0.1) is 0 Å². The van der Waals surface area contributed by atoms with Crippen LogP contribution in [0.5, 0.6) is 0 Å². The zero-order chi connectivity index (χ0) is 19.7. The Morgan fingerprint density at radius 1 is 0.964 bits per heavy atom. The number of benzene rings is 3. The number of fused-ring (bicyclic) bond motifs is 2. The van der Waals surface area contributed by atoms with Crippen LogP contribution in [-0.2, 0) is 4.79 Å². The van der Waals surface area contributed by atoms with Crippen molar-refractivity contribution in [1.29, 1.82) is 0 Å². The number of carbonyl (C=O) groups excluding carboxylic acids is 1. The zero-order valence-electron chi connectivity index (χ0n) is 14.6. The van der Waals surface area contributed by atoms with Crippen LogP contribution in [0.3, 0.4) is 0 Å². The maximum atomic E-state index is 12.7. The van der Waals surface area contributed by atoms with E-state index in [0.29, 0.717) is 10.7 Å². The van der Waals surface area contributed by atoms with Crippen LogP contribution < -0.4 is 10.2 Å². The number of nitrogens with zero attached hydrogens (tertiary/aromatic N) is 1. The minimum Gasteiger partial charge on any atom is -0.478 e. The fourth-order valence-corrected chi connectivity index (χ4v) is 4.26. The molecular weight excluding hydrogens is 396 g/mol. The second-order valence-electron chi connectivity index (χ2n) is 6.20. The lowest BCUT2D eigenvalue weighted by Crippen LogP contribution is -2.31. The van der Waals surface area contributed by atoms with E-state index in [2.05, 4.69) is 5.32 Å². The lowest BCUT2D eigenvalue weighted by molar-refractivity contribution is -0.114. The molecule has 0 fully saturated rings. The van der Waals surface area contributed by atoms with Gasteiger partial charge in [-0.3, -0.25) is 4.79 Å². The number of hydrogen-bond acceptors (Lipinski definition) is 4. The van der Waals surface area contributed by atoms with Gasteiger partial charge in [-0.2, -0.15) is 0 Å². The van der Waals surface area contributed by atoms with Gasteiger partial charge in [0.2, 0.25) is 5.91 Å². The van der Waals surface area contributed by atoms with Crippen LogP contribution in [0, 0.1) is 0 Å². The highest BCUT2D eigenvalue weighted by Crippen LogP contribution is 2.48. The second-order valence-corrected chi connectivity index (χ2v) is 7.72. The Labute approximate surface area is 170 Å². The molecular formula is C21H15ClN2O3S. The Morgan fingerprint density at radius 3 is 2.43 bits per heavy atom. The topological polar surface area (TPSA) is 69.6 Å². The summed E-state index contributed by atoms with van der Waals surface area (Å²) in [7, 11) is 0. The third kappa shape index (κ3) is 3.69. The number of carbonyl (C=O) groups is 2. The average molecular weight is 411 g/mol. The maximum Gasteiger partial charge on any atom is 0.335 e. The van der Waals surface area contributed by atoms with Crippen LogP contribution in [0.15, 0.2) is 76.5 Å². The Bertz CT molecular complexity index is 1070. The SMILES string of the molecule is O=C(CN1c2ccccc2Sc2ccc(Cl)cc21)Nc1ccc(C(=O)O)cc1. The lowest BCUT2D eigenvalue weighted by Gasteiger charge is -2.32. The number of hydrogen-bond donors (Lipinski definition) is 2. The molecule has 0 saturated carbocycles. The van der Waals surface area contributed by atoms with Gasteiger partial charge in [-0.1, -0.05) is 35.5 Å². The van der Waals surface area contributed by atoms with Crippen molar-refractivity contribution in [2.45, 2.75) is 9.79 Å². The molecule has 0 saturated heterocycles. The molecule has 1 heterocycles. The van der Waals surface area contributed by atoms with E-state index >= 15 is 0 Å². The number of amides is 1. The van der Waals surface area contributed by atoms with Crippen LogP contribution >= 0.6 is 23.4 Å². The smallest absolute Gasteiger partial charge is 0.335 e. The van der Waals surface area contributed by atoms with Gasteiger partial charge in [-0.05, 0) is 54.6 Å². The predicted octanol–water partition coefficient (Wildman–Crippen LogP) is 5.28. The average Bonchev–Trinajstić information content (AvgIpc) is 2.68. The summed E-state index contributed by atoms with van der Waals surface area (Å²) in [6, 6.07) is 19.6. The van der Waals surface area contributed by atoms with E-state index in [1.165, 1.54) is 12.1 Å². The van der Waals surface area contributed by atoms with E-state index in [-0.39, 0.29) is 18.0 Å². The van der Waals surface area contributed by atoms with Crippen LogP contribution in [0.4, 0.5) is 17.1 Å². The largest absolute Gasteiger partial charge is 0.478 e. The van der Waals surface area contributed by atoms with Crippen molar-refractivity contribution < 1.29 is 14.7 Å². The highest BCUT2D eigenvalue weighted by atomic mass is 35.5. The second kappa shape index (κ2) is 7.58. The highest BCUT2D eigenvalue weighted by molar-refractivity contribution is 7.99. The third-order valence-corrected chi connectivity index (χ3v) is 5.67. The monoisotopic (exact) mass is 410 g/mol. The van der Waals surface area contributed by atoms with Crippen molar-refractivity contribution in [2.24, 2.45) is 0 Å². The molecule has 3 aromatic rings. The van der Waals surface area contributed by atoms with Crippen molar-refractivity contribution in [3.63, 3.8) is 0 Å². The molecule has 3 aromatic carbocycles. The molecule has 2 N–H and O–H groups in total. The van der Waals surface area contributed by atoms with Gasteiger partial charge in [-0.25, -0.2) is 4.79 Å². The molecule has 5 nitrogen and oxygen atoms in total. The summed E-state index contributed by atoms with van der Waals surface area (Å²) < 4.78 is 0. The Hall–Kier alpha value is -2.96. The number of nitrogens with one attached hydrogen (secondary N) is 1. The number of aromatic carboxylic acids is 1. The summed E-state index contributed by atoms with van der Waals surface area (Å²) in [6.07, 6.45) is 0. The Kier molecular flexibility index (Phi) is 4.98. The first-order chi connectivity index (χ1) is 13.5. The summed E-state index contributed by atoms with van der Waals surface area (Å²) >= 11 is 7.83. The predicted molar refractivity (Wildman–Crippen MR) is 111 cm³/mol. The highest BCUT2D eigenvalue weighted by Gasteiger charge is 2.25. The molecule has 1 amide bonds. The van der Waals surface area contributed by atoms with Crippen LogP contribution in [0.1, 0.15) is 10.4 Å². The van der Waals surface area contributed by atoms with Crippen LogP contribution in [0.2, 0.25) is 5.02 Å². The number of rotatable bonds is 4. The number of para-hydroxylation sites is 1. The van der Waals surface area contributed by atoms with Crippen molar-refractivity contribution in [2.75, 3.05) is 16.8 Å². The maximum absolute atomic E-state index is 12.7. The Morgan fingerprint density at radius 2 is 1.68 bits per heavy atom. The first-order valence-corrected chi connectivity index (χ1v) is 9.68. The molecule has 0 unspecified atom stereocenters. The summed E-state index contributed by atoms with van der Waals surface area (Å²) in [6.45, 7) is 0.103. The first-order valence-electron chi connectivity index (χ1n) is 8.48. The fraction of sp³-hybridized carbons (Fsp3) is 0.0476. The van der Waals surface area contributed by atoms with E-state index in [4.69, 9.17) is 16.7 Å². The molecule has 140 valence electrons. The molecule has 0 bridgehead atoms. The van der Waals surface area contributed by atoms with Gasteiger partial charge in [0.15, 0.2) is 0 Å². The van der Waals surface area contributed by atoms with E-state index in [0.717, 1.165) is 21.2 Å². The number of anilines is 3. The van der Waals surface area contributed by atoms with Crippen molar-refractivity contribution in [3.8, 4) is 0 Å². The van der Waals surface area contributed by atoms with Crippen LogP contribution in [0.25, 0.3) is 0 Å². The van der Waals surface area contributed by atoms with E-state index < -0.39 is 5.97 Å². The number of halogens is 1. The van der Waals surface area contributed by atoms with E-state index in [9.17, 15) is 9.59 Å². The molecule has 0 atom stereocenters. The van der Waals surface area contributed by atoms with Gasteiger partial charge >= 0.3 is 5.97 Å². The normalized spacial score (nSPS) is 12.1. The standard InChI is InChI=1S/C21H15ClN2O3S/c22-14-7-10-19-17(11-14)24(16-3-1-2-4-18(16)28-19)12-20(25)23-15-8-5-13(6-9-15)21(26)27/h1-11H,12H2,(H,23,25)(H,26,27). The van der Waals surface area contributed by atoms with Gasteiger partial charge in [0.25, 0.3) is 0 Å². The molecule has 0 radical (unpaired) electrons. The summed E-state index contributed by atoms with van der Waals surface area (Å²) in [5.74, 6) is -1.22. The summed E-state index contributed by atoms with van der Waals surface area (Å²) in [5.41, 5.74) is 2.54. The van der Waals surface area contributed by atoms with Gasteiger partial charge in [0.05, 0.1) is 16.9 Å². The molecule has 0 aliphatic carbocycles. The number of carboxylic acid groups (broad SMARTS) is 1. The minimum atomic E-state index is -1.01. The van der Waals surface area contributed by atoms with Crippen molar-refractivity contribution in [1.82, 2.24) is 0 Å². The number of carboxylic acids is 1. The van der Waals surface area contributed by atoms with Crippen molar-refractivity contribution >= 4 is 52.3 Å². The molecule has 4 rings (SSSR count). The summed E-state index contributed by atoms with van der Waals surface area (Å²) in [4.78, 5) is 27.7. The molecule has 0 spiro atoms. The van der Waals surface area contributed by atoms with Gasteiger partial charge in [0, 0.05) is 20.5 Å². The third-order valence-electron chi connectivity index (χ3n) is 4.31. The lowest BCUT2D eigenvalue weighted by atomic mass is 10.2. The van der Waals surface area contributed by atoms with E-state index in [1.807, 2.05) is 47.4 Å². The van der Waals surface area contributed by atoms with Crippen molar-refractivity contribution in [3.05, 3.63) is 77.3 Å². The molecule has 0 aromatic heterocycles. The fourth-order valence-electron chi connectivity index (χ4n) is 3.01. The van der Waals surface area contributed by atoms with Crippen LogP contribution in [-0.4, -0.2) is 23.5 Å². The molecule has 1 aliphatic rings.